The lowest BCUT2D eigenvalue weighted by atomic mass is 10.1. The number of carbonyl (C=O) groups is 2. The van der Waals surface area contributed by atoms with Crippen molar-refractivity contribution in [2.24, 2.45) is 0 Å². The van der Waals surface area contributed by atoms with Crippen molar-refractivity contribution in [1.29, 1.82) is 0 Å². The molecule has 0 bridgehead atoms. The fourth-order valence-electron chi connectivity index (χ4n) is 4.22. The standard InChI is InChI=1S/C26H32N6O2/c1-19-17-24(22-9-5-6-10-23(22)29-19)31-25(33)27-13-16-32-14-11-21(12-15-32)30-26(34)28-18-20-7-3-2-4-8-20/h2-10,17,21H,11-16,18H2,1H3,(H2,28,30,34)(H2,27,29,31,33). The molecule has 1 saturated heterocycles. The van der Waals surface area contributed by atoms with Gasteiger partial charge < -0.3 is 26.2 Å². The van der Waals surface area contributed by atoms with E-state index in [1.165, 1.54) is 0 Å². The Labute approximate surface area is 200 Å². The zero-order valence-electron chi connectivity index (χ0n) is 19.5. The molecule has 4 rings (SSSR count). The number of piperidine rings is 1. The number of aromatic nitrogens is 1. The van der Waals surface area contributed by atoms with Crippen molar-refractivity contribution >= 4 is 28.7 Å². The zero-order chi connectivity index (χ0) is 23.8. The van der Waals surface area contributed by atoms with Crippen molar-refractivity contribution in [3.05, 3.63) is 71.9 Å². The average molecular weight is 461 g/mol. The van der Waals surface area contributed by atoms with E-state index in [2.05, 4.69) is 31.2 Å². The third kappa shape index (κ3) is 6.68. The van der Waals surface area contributed by atoms with Crippen molar-refractivity contribution < 1.29 is 9.59 Å². The molecule has 0 atom stereocenters. The van der Waals surface area contributed by atoms with E-state index >= 15 is 0 Å². The van der Waals surface area contributed by atoms with E-state index in [1.54, 1.807) is 0 Å². The van der Waals surface area contributed by atoms with E-state index in [4.69, 9.17) is 0 Å². The Hall–Kier alpha value is -3.65. The molecule has 1 aliphatic heterocycles. The quantitative estimate of drug-likeness (QED) is 0.433. The van der Waals surface area contributed by atoms with E-state index < -0.39 is 0 Å². The number of amides is 4. The van der Waals surface area contributed by atoms with Crippen LogP contribution in [0.25, 0.3) is 10.9 Å². The van der Waals surface area contributed by atoms with Crippen LogP contribution in [-0.2, 0) is 6.54 Å². The van der Waals surface area contributed by atoms with E-state index in [0.717, 1.165) is 60.3 Å². The highest BCUT2D eigenvalue weighted by Gasteiger charge is 2.20. The van der Waals surface area contributed by atoms with E-state index in [0.29, 0.717) is 13.1 Å². The molecular formula is C26H32N6O2. The number of aryl methyl sites for hydroxylation is 1. The molecule has 0 aliphatic carbocycles. The van der Waals surface area contributed by atoms with Crippen LogP contribution >= 0.6 is 0 Å². The molecule has 1 aliphatic rings. The van der Waals surface area contributed by atoms with Gasteiger partial charge in [-0.25, -0.2) is 9.59 Å². The molecule has 4 amide bonds. The van der Waals surface area contributed by atoms with Crippen LogP contribution in [-0.4, -0.2) is 54.2 Å². The minimum atomic E-state index is -0.220. The van der Waals surface area contributed by atoms with Gasteiger partial charge in [0.1, 0.15) is 0 Å². The van der Waals surface area contributed by atoms with Crippen molar-refractivity contribution in [2.75, 3.05) is 31.5 Å². The van der Waals surface area contributed by atoms with Gasteiger partial charge in [0.2, 0.25) is 0 Å². The maximum Gasteiger partial charge on any atom is 0.319 e. The summed E-state index contributed by atoms with van der Waals surface area (Å²) in [6.07, 6.45) is 1.79. The van der Waals surface area contributed by atoms with Gasteiger partial charge in [0.25, 0.3) is 0 Å². The number of benzene rings is 2. The molecule has 4 N–H and O–H groups in total. The zero-order valence-corrected chi connectivity index (χ0v) is 19.5. The second-order valence-electron chi connectivity index (χ2n) is 8.64. The SMILES string of the molecule is Cc1cc(NC(=O)NCCN2CCC(NC(=O)NCc3ccccc3)CC2)c2ccccc2n1. The van der Waals surface area contributed by atoms with Crippen LogP contribution in [0.3, 0.4) is 0 Å². The van der Waals surface area contributed by atoms with Crippen LogP contribution < -0.4 is 21.3 Å². The van der Waals surface area contributed by atoms with Crippen LogP contribution in [0.2, 0.25) is 0 Å². The number of nitrogens with one attached hydrogen (secondary N) is 4. The molecule has 178 valence electrons. The van der Waals surface area contributed by atoms with Crippen LogP contribution in [0, 0.1) is 6.92 Å². The predicted molar refractivity (Wildman–Crippen MR) is 135 cm³/mol. The highest BCUT2D eigenvalue weighted by Crippen LogP contribution is 2.22. The minimum absolute atomic E-state index is 0.125. The summed E-state index contributed by atoms with van der Waals surface area (Å²) < 4.78 is 0. The Morgan fingerprint density at radius 1 is 0.971 bits per heavy atom. The molecule has 0 radical (unpaired) electrons. The number of carbonyl (C=O) groups excluding carboxylic acids is 2. The van der Waals surface area contributed by atoms with Crippen molar-refractivity contribution in [3.63, 3.8) is 0 Å². The molecule has 2 heterocycles. The van der Waals surface area contributed by atoms with Gasteiger partial charge in [-0.15, -0.1) is 0 Å². The summed E-state index contributed by atoms with van der Waals surface area (Å²) in [5, 5.41) is 12.8. The Kier molecular flexibility index (Phi) is 7.93. The van der Waals surface area contributed by atoms with Crippen molar-refractivity contribution in [2.45, 2.75) is 32.4 Å². The second-order valence-corrected chi connectivity index (χ2v) is 8.64. The van der Waals surface area contributed by atoms with E-state index in [9.17, 15) is 9.59 Å². The first-order valence-electron chi connectivity index (χ1n) is 11.8. The Morgan fingerprint density at radius 2 is 1.71 bits per heavy atom. The Morgan fingerprint density at radius 3 is 2.50 bits per heavy atom. The average Bonchev–Trinajstić information content (AvgIpc) is 2.84. The molecule has 3 aromatic rings. The maximum absolute atomic E-state index is 12.4. The summed E-state index contributed by atoms with van der Waals surface area (Å²) >= 11 is 0. The summed E-state index contributed by atoms with van der Waals surface area (Å²) in [5.74, 6) is 0. The van der Waals surface area contributed by atoms with E-state index in [-0.39, 0.29) is 18.1 Å². The number of anilines is 1. The summed E-state index contributed by atoms with van der Waals surface area (Å²) in [7, 11) is 0. The van der Waals surface area contributed by atoms with E-state index in [1.807, 2.05) is 67.6 Å². The smallest absolute Gasteiger partial charge is 0.319 e. The summed E-state index contributed by atoms with van der Waals surface area (Å²) in [6.45, 7) is 5.55. The maximum atomic E-state index is 12.4. The van der Waals surface area contributed by atoms with Crippen LogP contribution in [0.15, 0.2) is 60.7 Å². The molecule has 1 fully saturated rings. The number of nitrogens with zero attached hydrogens (tertiary/aromatic N) is 2. The van der Waals surface area contributed by atoms with Gasteiger partial charge in [-0.2, -0.15) is 0 Å². The van der Waals surface area contributed by atoms with Crippen LogP contribution in [0.4, 0.5) is 15.3 Å². The van der Waals surface area contributed by atoms with Crippen LogP contribution in [0.1, 0.15) is 24.1 Å². The monoisotopic (exact) mass is 460 g/mol. The summed E-state index contributed by atoms with van der Waals surface area (Å²) in [5.41, 5.74) is 3.57. The number of hydrogen-bond donors (Lipinski definition) is 4. The van der Waals surface area contributed by atoms with Gasteiger partial charge >= 0.3 is 12.1 Å². The number of para-hydroxylation sites is 1. The fourth-order valence-corrected chi connectivity index (χ4v) is 4.22. The van der Waals surface area contributed by atoms with Crippen LogP contribution in [0.5, 0.6) is 0 Å². The second kappa shape index (κ2) is 11.5. The molecule has 8 heteroatoms. The lowest BCUT2D eigenvalue weighted by molar-refractivity contribution is 0.192. The first-order chi connectivity index (χ1) is 16.6. The molecule has 2 aromatic carbocycles. The number of pyridine rings is 1. The van der Waals surface area contributed by atoms with Gasteiger partial charge in [-0.3, -0.25) is 4.98 Å². The van der Waals surface area contributed by atoms with Crippen molar-refractivity contribution in [3.8, 4) is 0 Å². The first kappa shape index (κ1) is 23.5. The minimum Gasteiger partial charge on any atom is -0.337 e. The Balaban J connectivity index is 1.14. The summed E-state index contributed by atoms with van der Waals surface area (Å²) in [4.78, 5) is 31.4. The number of hydrogen-bond acceptors (Lipinski definition) is 4. The molecule has 0 spiro atoms. The topological polar surface area (TPSA) is 98.4 Å². The number of urea groups is 2. The largest absolute Gasteiger partial charge is 0.337 e. The number of fused-ring (bicyclic) bond motifs is 1. The normalized spacial score (nSPS) is 14.5. The number of likely N-dealkylation sites (tertiary alicyclic amines) is 1. The van der Waals surface area contributed by atoms with Gasteiger partial charge in [0, 0.05) is 49.8 Å². The predicted octanol–water partition coefficient (Wildman–Crippen LogP) is 3.63. The molecular weight excluding hydrogens is 428 g/mol. The molecule has 34 heavy (non-hydrogen) atoms. The van der Waals surface area contributed by atoms with Gasteiger partial charge in [0.05, 0.1) is 11.2 Å². The lowest BCUT2D eigenvalue weighted by Gasteiger charge is -2.32. The van der Waals surface area contributed by atoms with Gasteiger partial charge in [-0.05, 0) is 37.5 Å². The molecule has 0 unspecified atom stereocenters. The first-order valence-corrected chi connectivity index (χ1v) is 11.8. The molecule has 1 aromatic heterocycles. The fraction of sp³-hybridized carbons (Fsp3) is 0.346. The third-order valence-corrected chi connectivity index (χ3v) is 6.02. The Bertz CT molecular complexity index is 1110. The highest BCUT2D eigenvalue weighted by atomic mass is 16.2. The lowest BCUT2D eigenvalue weighted by Crippen LogP contribution is -2.49. The third-order valence-electron chi connectivity index (χ3n) is 6.02. The van der Waals surface area contributed by atoms with Crippen molar-refractivity contribution in [1.82, 2.24) is 25.8 Å². The van der Waals surface area contributed by atoms with Gasteiger partial charge in [-0.1, -0.05) is 48.5 Å². The molecule has 8 nitrogen and oxygen atoms in total. The summed E-state index contributed by atoms with van der Waals surface area (Å²) in [6, 6.07) is 19.4. The number of rotatable bonds is 7. The van der Waals surface area contributed by atoms with Gasteiger partial charge in [0.15, 0.2) is 0 Å². The highest BCUT2D eigenvalue weighted by molar-refractivity contribution is 6.00. The molecule has 0 saturated carbocycles.